The van der Waals surface area contributed by atoms with Gasteiger partial charge in [0.05, 0.1) is 6.61 Å². The van der Waals surface area contributed by atoms with Crippen molar-refractivity contribution in [3.05, 3.63) is 34.9 Å². The van der Waals surface area contributed by atoms with Crippen LogP contribution >= 0.6 is 11.6 Å². The fourth-order valence-corrected chi connectivity index (χ4v) is 3.23. The molecule has 2 atom stereocenters. The molecule has 2 amide bonds. The summed E-state index contributed by atoms with van der Waals surface area (Å²) in [5.41, 5.74) is 1.08. The Labute approximate surface area is 133 Å². The van der Waals surface area contributed by atoms with Crippen LogP contribution in [0, 0.1) is 0 Å². The standard InChI is InChI=1S/C15H18ClN3O3/c16-11-3-1-2-10(6-11)7-18-4-5-19-13(8-18)14(21)17-12(9-20)15(19)22/h1-3,6,12-13,20H,4-5,7-9H2,(H,17,21)/t12-,13-/m1/s1. The van der Waals surface area contributed by atoms with Gasteiger partial charge in [-0.2, -0.15) is 0 Å². The van der Waals surface area contributed by atoms with Gasteiger partial charge in [0.2, 0.25) is 11.8 Å². The molecule has 0 radical (unpaired) electrons. The molecule has 0 unspecified atom stereocenters. The average Bonchev–Trinajstić information content (AvgIpc) is 2.51. The van der Waals surface area contributed by atoms with E-state index in [0.717, 1.165) is 5.56 Å². The predicted molar refractivity (Wildman–Crippen MR) is 81.2 cm³/mol. The molecule has 0 spiro atoms. The molecular formula is C15H18ClN3O3. The van der Waals surface area contributed by atoms with Crippen molar-refractivity contribution in [3.63, 3.8) is 0 Å². The second kappa shape index (κ2) is 6.24. The second-order valence-corrected chi connectivity index (χ2v) is 6.09. The zero-order chi connectivity index (χ0) is 15.7. The molecule has 1 aromatic rings. The van der Waals surface area contributed by atoms with Gasteiger partial charge in [-0.3, -0.25) is 14.5 Å². The number of nitrogens with zero attached hydrogens (tertiary/aromatic N) is 2. The van der Waals surface area contributed by atoms with Crippen LogP contribution in [-0.4, -0.2) is 65.0 Å². The van der Waals surface area contributed by atoms with Gasteiger partial charge in [-0.15, -0.1) is 0 Å². The molecule has 22 heavy (non-hydrogen) atoms. The maximum absolute atomic E-state index is 12.2. The fourth-order valence-electron chi connectivity index (χ4n) is 3.02. The van der Waals surface area contributed by atoms with E-state index in [-0.39, 0.29) is 18.4 Å². The van der Waals surface area contributed by atoms with Crippen LogP contribution in [0.4, 0.5) is 0 Å². The number of aliphatic hydroxyl groups is 1. The van der Waals surface area contributed by atoms with Gasteiger partial charge in [-0.05, 0) is 17.7 Å². The second-order valence-electron chi connectivity index (χ2n) is 5.66. The number of hydrogen-bond donors (Lipinski definition) is 2. The first-order chi connectivity index (χ1) is 10.6. The Morgan fingerprint density at radius 3 is 2.86 bits per heavy atom. The number of amides is 2. The first-order valence-corrected chi connectivity index (χ1v) is 7.65. The third-order valence-electron chi connectivity index (χ3n) is 4.14. The lowest BCUT2D eigenvalue weighted by atomic mass is 10.0. The maximum atomic E-state index is 12.2. The minimum Gasteiger partial charge on any atom is -0.394 e. The smallest absolute Gasteiger partial charge is 0.248 e. The molecule has 2 aliphatic heterocycles. The van der Waals surface area contributed by atoms with Gasteiger partial charge in [0.15, 0.2) is 0 Å². The average molecular weight is 324 g/mol. The van der Waals surface area contributed by atoms with Crippen molar-refractivity contribution in [3.8, 4) is 0 Å². The third kappa shape index (κ3) is 2.95. The molecular weight excluding hydrogens is 306 g/mol. The Bertz CT molecular complexity index is 595. The number of nitrogens with one attached hydrogen (secondary N) is 1. The summed E-state index contributed by atoms with van der Waals surface area (Å²) in [6, 6.07) is 6.34. The highest BCUT2D eigenvalue weighted by atomic mass is 35.5. The lowest BCUT2D eigenvalue weighted by molar-refractivity contribution is -0.154. The van der Waals surface area contributed by atoms with Crippen LogP contribution < -0.4 is 5.32 Å². The van der Waals surface area contributed by atoms with Crippen LogP contribution in [-0.2, 0) is 16.1 Å². The Hall–Kier alpha value is -1.63. The molecule has 2 fully saturated rings. The van der Waals surface area contributed by atoms with E-state index in [2.05, 4.69) is 10.2 Å². The Balaban J connectivity index is 1.68. The summed E-state index contributed by atoms with van der Waals surface area (Å²) in [7, 11) is 0. The van der Waals surface area contributed by atoms with Crippen molar-refractivity contribution in [2.24, 2.45) is 0 Å². The minimum absolute atomic E-state index is 0.200. The van der Waals surface area contributed by atoms with E-state index in [1.165, 1.54) is 0 Å². The molecule has 0 bridgehead atoms. The van der Waals surface area contributed by atoms with E-state index in [1.807, 2.05) is 24.3 Å². The maximum Gasteiger partial charge on any atom is 0.248 e. The summed E-state index contributed by atoms with van der Waals surface area (Å²) in [6.45, 7) is 2.01. The summed E-state index contributed by atoms with van der Waals surface area (Å²) in [5.74, 6) is -0.399. The van der Waals surface area contributed by atoms with Gasteiger partial charge in [-0.1, -0.05) is 23.7 Å². The largest absolute Gasteiger partial charge is 0.394 e. The minimum atomic E-state index is -0.803. The fraction of sp³-hybridized carbons (Fsp3) is 0.467. The van der Waals surface area contributed by atoms with Crippen molar-refractivity contribution in [2.75, 3.05) is 26.2 Å². The highest BCUT2D eigenvalue weighted by Gasteiger charge is 2.42. The van der Waals surface area contributed by atoms with E-state index < -0.39 is 12.1 Å². The quantitative estimate of drug-likeness (QED) is 0.811. The number of halogens is 1. The van der Waals surface area contributed by atoms with Crippen LogP contribution in [0.15, 0.2) is 24.3 Å². The highest BCUT2D eigenvalue weighted by Crippen LogP contribution is 2.19. The molecule has 2 heterocycles. The van der Waals surface area contributed by atoms with Crippen LogP contribution in [0.5, 0.6) is 0 Å². The number of aliphatic hydroxyl groups excluding tert-OH is 1. The number of hydrogen-bond acceptors (Lipinski definition) is 4. The van der Waals surface area contributed by atoms with Crippen LogP contribution in [0.1, 0.15) is 5.56 Å². The van der Waals surface area contributed by atoms with Crippen molar-refractivity contribution in [1.29, 1.82) is 0 Å². The van der Waals surface area contributed by atoms with Crippen molar-refractivity contribution in [2.45, 2.75) is 18.6 Å². The van der Waals surface area contributed by atoms with Gasteiger partial charge in [0, 0.05) is 31.2 Å². The monoisotopic (exact) mass is 323 g/mol. The lowest BCUT2D eigenvalue weighted by Crippen LogP contribution is -2.69. The van der Waals surface area contributed by atoms with Crippen LogP contribution in [0.2, 0.25) is 5.02 Å². The first-order valence-electron chi connectivity index (χ1n) is 7.27. The Morgan fingerprint density at radius 1 is 1.32 bits per heavy atom. The number of benzene rings is 1. The summed E-state index contributed by atoms with van der Waals surface area (Å²) < 4.78 is 0. The number of piperazine rings is 2. The van der Waals surface area contributed by atoms with Gasteiger partial charge in [-0.25, -0.2) is 0 Å². The van der Waals surface area contributed by atoms with Crippen LogP contribution in [0.25, 0.3) is 0 Å². The zero-order valence-electron chi connectivity index (χ0n) is 12.0. The molecule has 6 nitrogen and oxygen atoms in total. The zero-order valence-corrected chi connectivity index (χ0v) is 12.8. The number of carbonyl (C=O) groups is 2. The molecule has 2 aliphatic rings. The van der Waals surface area contributed by atoms with E-state index in [1.54, 1.807) is 4.90 Å². The molecule has 0 aromatic heterocycles. The van der Waals surface area contributed by atoms with Gasteiger partial charge in [0.1, 0.15) is 12.1 Å². The first kappa shape index (κ1) is 15.3. The summed E-state index contributed by atoms with van der Waals surface area (Å²) in [4.78, 5) is 28.0. The third-order valence-corrected chi connectivity index (χ3v) is 4.38. The topological polar surface area (TPSA) is 72.9 Å². The highest BCUT2D eigenvalue weighted by molar-refractivity contribution is 6.30. The number of carbonyl (C=O) groups excluding carboxylic acids is 2. The van der Waals surface area contributed by atoms with Gasteiger partial charge < -0.3 is 15.3 Å². The molecule has 1 aromatic carbocycles. The molecule has 3 rings (SSSR count). The Kier molecular flexibility index (Phi) is 4.33. The SMILES string of the molecule is O=C1N[C@H](CO)C(=O)N2CCN(Cc3cccc(Cl)c3)C[C@H]12. The molecule has 7 heteroatoms. The van der Waals surface area contributed by atoms with E-state index >= 15 is 0 Å². The molecule has 2 N–H and O–H groups in total. The molecule has 0 aliphatic carbocycles. The normalized spacial score (nSPS) is 25.8. The molecule has 2 saturated heterocycles. The summed E-state index contributed by atoms with van der Waals surface area (Å²) in [5, 5.41) is 12.4. The van der Waals surface area contributed by atoms with Crippen molar-refractivity contribution < 1.29 is 14.7 Å². The van der Waals surface area contributed by atoms with E-state index in [4.69, 9.17) is 16.7 Å². The Morgan fingerprint density at radius 2 is 2.14 bits per heavy atom. The molecule has 0 saturated carbocycles. The lowest BCUT2D eigenvalue weighted by Gasteiger charge is -2.45. The van der Waals surface area contributed by atoms with Gasteiger partial charge in [0.25, 0.3) is 0 Å². The summed E-state index contributed by atoms with van der Waals surface area (Å²) in [6.07, 6.45) is 0. The van der Waals surface area contributed by atoms with Crippen molar-refractivity contribution in [1.82, 2.24) is 15.1 Å². The van der Waals surface area contributed by atoms with Crippen molar-refractivity contribution >= 4 is 23.4 Å². The summed E-state index contributed by atoms with van der Waals surface area (Å²) >= 11 is 5.99. The van der Waals surface area contributed by atoms with Crippen LogP contribution in [0.3, 0.4) is 0 Å². The number of fused-ring (bicyclic) bond motifs is 1. The number of rotatable bonds is 3. The van der Waals surface area contributed by atoms with E-state index in [9.17, 15) is 9.59 Å². The van der Waals surface area contributed by atoms with E-state index in [0.29, 0.717) is 31.2 Å². The predicted octanol–water partition coefficient (Wildman–Crippen LogP) is -0.156. The molecule has 118 valence electrons. The van der Waals surface area contributed by atoms with Gasteiger partial charge >= 0.3 is 0 Å².